The molecule has 30 heavy (non-hydrogen) atoms. The maximum absolute atomic E-state index is 13.8. The van der Waals surface area contributed by atoms with Gasteiger partial charge in [0, 0.05) is 58.8 Å². The predicted octanol–water partition coefficient (Wildman–Crippen LogP) is 3.56. The molecule has 0 radical (unpaired) electrons. The van der Waals surface area contributed by atoms with E-state index in [1.807, 2.05) is 0 Å². The van der Waals surface area contributed by atoms with Crippen molar-refractivity contribution in [3.05, 3.63) is 23.3 Å². The van der Waals surface area contributed by atoms with Gasteiger partial charge in [-0.1, -0.05) is 27.4 Å². The minimum atomic E-state index is -4.20. The van der Waals surface area contributed by atoms with E-state index in [2.05, 4.69) is 0 Å². The first-order chi connectivity index (χ1) is 24.0. The van der Waals surface area contributed by atoms with Gasteiger partial charge in [0.05, 0.1) is 21.0 Å². The molecule has 0 saturated carbocycles. The van der Waals surface area contributed by atoms with Gasteiger partial charge in [-0.2, -0.15) is 0 Å². The van der Waals surface area contributed by atoms with Crippen molar-refractivity contribution in [1.82, 2.24) is 4.90 Å². The number of carbonyl (C=O) groups is 1. The predicted molar refractivity (Wildman–Crippen MR) is 118 cm³/mol. The number of methoxy groups -OCH3 is 2. The van der Waals surface area contributed by atoms with Crippen molar-refractivity contribution in [2.24, 2.45) is 23.4 Å². The number of rotatable bonds is 7. The van der Waals surface area contributed by atoms with Gasteiger partial charge in [-0.15, -0.1) is 0 Å². The minimum absolute atomic E-state index is 0.314. The highest BCUT2D eigenvalue weighted by Crippen LogP contribution is 2.44. The van der Waals surface area contributed by atoms with Crippen LogP contribution in [0.15, 0.2) is 12.1 Å². The normalized spacial score (nSPS) is 47.3. The minimum Gasteiger partial charge on any atom is -0.493 e. The van der Waals surface area contributed by atoms with E-state index in [0.29, 0.717) is 11.0 Å². The van der Waals surface area contributed by atoms with E-state index in [0.717, 1.165) is 13.2 Å². The number of benzene rings is 1. The Labute approximate surface area is 216 Å². The van der Waals surface area contributed by atoms with E-state index in [4.69, 9.17) is 52.8 Å². The van der Waals surface area contributed by atoms with Crippen LogP contribution in [0.2, 0.25) is 0 Å². The third kappa shape index (κ3) is 4.75. The molecule has 1 aromatic rings. The molecular weight excluding hydrogens is 380 g/mol. The second-order valence-corrected chi connectivity index (χ2v) is 6.51. The molecule has 2 N–H and O–H groups in total. The first-order valence-electron chi connectivity index (χ1n) is 21.2. The third-order valence-corrected chi connectivity index (χ3v) is 4.68. The summed E-state index contributed by atoms with van der Waals surface area (Å²) in [6.45, 7) is -21.2. The van der Waals surface area contributed by atoms with E-state index in [-0.39, 0.29) is 0 Å². The van der Waals surface area contributed by atoms with Gasteiger partial charge in [-0.05, 0) is 47.8 Å². The number of hydrogen-bond acceptors (Lipinski definition) is 6. The number of nitrogens with two attached hydrogens (primary N) is 1. The zero-order chi connectivity index (χ0) is 43.6. The number of piperidine rings is 1. The number of nitrogens with zero attached hydrogens (tertiary/aromatic N) is 1. The van der Waals surface area contributed by atoms with Crippen molar-refractivity contribution in [3.63, 3.8) is 0 Å². The Hall–Kier alpha value is -1.79. The number of ether oxygens (including phenoxy) is 3. The lowest BCUT2D eigenvalue weighted by Gasteiger charge is -2.47. The molecule has 0 aliphatic carbocycles. The number of fused-ring (bicyclic) bond motifs is 3. The number of hydrogen-bond donors (Lipinski definition) is 1. The molecule has 1 fully saturated rings. The van der Waals surface area contributed by atoms with Crippen LogP contribution in [-0.4, -0.2) is 50.2 Å². The fraction of sp³-hybridized carbons (Fsp3) is 0.708. The highest BCUT2D eigenvalue weighted by atomic mass is 16.5. The van der Waals surface area contributed by atoms with Crippen molar-refractivity contribution >= 4 is 5.97 Å². The molecule has 6 heteroatoms. The lowest BCUT2D eigenvalue weighted by molar-refractivity contribution is -0.160. The van der Waals surface area contributed by atoms with Gasteiger partial charge in [-0.3, -0.25) is 9.69 Å². The highest BCUT2D eigenvalue weighted by Gasteiger charge is 2.41. The Morgan fingerprint density at radius 3 is 2.90 bits per heavy atom. The van der Waals surface area contributed by atoms with E-state index >= 15 is 0 Å². The van der Waals surface area contributed by atoms with Crippen molar-refractivity contribution in [3.8, 4) is 11.5 Å². The van der Waals surface area contributed by atoms with Crippen molar-refractivity contribution < 1.29 is 53.3 Å². The van der Waals surface area contributed by atoms with Crippen LogP contribution in [0.3, 0.4) is 0 Å². The smallest absolute Gasteiger partial charge is 0.323 e. The van der Waals surface area contributed by atoms with Gasteiger partial charge < -0.3 is 19.9 Å². The van der Waals surface area contributed by atoms with Crippen LogP contribution in [0, 0.1) is 17.7 Å². The Morgan fingerprint density at radius 1 is 1.40 bits per heavy atom. The van der Waals surface area contributed by atoms with E-state index in [9.17, 15) is 6.17 Å². The standard InChI is InChI=1S/C24H38N2O4/c1-14(2)9-17-13-26-8-7-16-10-21(28-5)22(29-6)11-18(16)19(26)12-20(17)30-24(27)23(25)15(3)4/h10-11,14-15,17,19-20,23H,7-9,12-13,25H2,1-6H3/t17?,19?,20?,23-/m0/s1/i1D3,2D3,3D3,4D3,5D3,7D2,8D2,9D2,14D,15D,19D,23D. The molecule has 6 nitrogen and oxygen atoms in total. The molecule has 2 aliphatic rings. The second kappa shape index (κ2) is 9.56. The zero-order valence-electron chi connectivity index (χ0n) is 40.9. The Balaban J connectivity index is 2.46. The molecule has 3 unspecified atom stereocenters. The van der Waals surface area contributed by atoms with Crippen molar-refractivity contribution in [1.29, 1.82) is 0 Å². The van der Waals surface area contributed by atoms with E-state index < -0.39 is 131 Å². The third-order valence-electron chi connectivity index (χ3n) is 4.68. The summed E-state index contributed by atoms with van der Waals surface area (Å²) in [5, 5.41) is 0. The molecule has 1 saturated heterocycles. The summed E-state index contributed by atoms with van der Waals surface area (Å²) in [5.74, 6) is -14.5. The molecule has 168 valence electrons. The number of aryl methyl sites for hydroxylation is 1. The van der Waals surface area contributed by atoms with Crippen LogP contribution in [0.4, 0.5) is 0 Å². The van der Waals surface area contributed by atoms with Crippen molar-refractivity contribution in [2.75, 3.05) is 27.2 Å². The summed E-state index contributed by atoms with van der Waals surface area (Å²) in [6, 6.07) is -5.43. The Bertz CT molecular complexity index is 1620. The van der Waals surface area contributed by atoms with Crippen LogP contribution < -0.4 is 15.2 Å². The summed E-state index contributed by atoms with van der Waals surface area (Å²) in [6.07, 6.45) is -11.2. The van der Waals surface area contributed by atoms with Crippen LogP contribution in [0.25, 0.3) is 0 Å². The van der Waals surface area contributed by atoms with Gasteiger partial charge in [0.2, 0.25) is 0 Å². The molecule has 1 aromatic carbocycles. The summed E-state index contributed by atoms with van der Waals surface area (Å²) in [5.41, 5.74) is 4.31. The van der Waals surface area contributed by atoms with Crippen LogP contribution in [0.1, 0.15) is 91.6 Å². The van der Waals surface area contributed by atoms with Crippen LogP contribution >= 0.6 is 0 Å². The molecular formula is C24H38N2O4. The number of esters is 1. The van der Waals surface area contributed by atoms with Gasteiger partial charge in [-0.25, -0.2) is 0 Å². The molecule has 3 rings (SSSR count). The lowest BCUT2D eigenvalue weighted by Crippen LogP contribution is -2.51. The summed E-state index contributed by atoms with van der Waals surface area (Å²) in [7, 11) is -2.17. The van der Waals surface area contributed by atoms with Crippen LogP contribution in [0.5, 0.6) is 11.5 Å². The summed E-state index contributed by atoms with van der Waals surface area (Å²) in [4.78, 5) is 14.1. The van der Waals surface area contributed by atoms with E-state index in [1.165, 1.54) is 0 Å². The molecule has 0 bridgehead atoms. The molecule has 0 amide bonds. The second-order valence-electron chi connectivity index (χ2n) is 6.51. The maximum Gasteiger partial charge on any atom is 0.323 e. The Morgan fingerprint density at radius 2 is 2.20 bits per heavy atom. The fourth-order valence-electron chi connectivity index (χ4n) is 3.26. The lowest BCUT2D eigenvalue weighted by atomic mass is 9.79. The van der Waals surface area contributed by atoms with Gasteiger partial charge >= 0.3 is 5.97 Å². The zero-order valence-corrected chi connectivity index (χ0v) is 15.9. The van der Waals surface area contributed by atoms with Crippen molar-refractivity contribution in [2.45, 2.75) is 64.7 Å². The maximum atomic E-state index is 13.8. The first-order valence-corrected chi connectivity index (χ1v) is 8.66. The molecule has 0 spiro atoms. The van der Waals surface area contributed by atoms with Gasteiger partial charge in [0.25, 0.3) is 0 Å². The highest BCUT2D eigenvalue weighted by molar-refractivity contribution is 5.76. The largest absolute Gasteiger partial charge is 0.493 e. The molecule has 0 aromatic heterocycles. The molecule has 4 atom stereocenters. The van der Waals surface area contributed by atoms with Crippen LogP contribution in [-0.2, 0) is 15.9 Å². The topological polar surface area (TPSA) is 74.0 Å². The monoisotopic (exact) mass is 443 g/mol. The molecule has 2 aliphatic heterocycles. The number of carbonyl (C=O) groups excluding carboxylic acids is 1. The van der Waals surface area contributed by atoms with E-state index in [1.54, 1.807) is 0 Å². The summed E-state index contributed by atoms with van der Waals surface area (Å²) < 4.78 is 220. The van der Waals surface area contributed by atoms with Gasteiger partial charge in [0.15, 0.2) is 11.5 Å². The van der Waals surface area contributed by atoms with Gasteiger partial charge in [0.1, 0.15) is 12.1 Å². The summed E-state index contributed by atoms with van der Waals surface area (Å²) >= 11 is 0. The average molecular weight is 444 g/mol. The molecule has 2 heterocycles. The fourth-order valence-corrected chi connectivity index (χ4v) is 3.26. The quantitative estimate of drug-likeness (QED) is 0.650. The average Bonchev–Trinajstić information content (AvgIpc) is 2.95. The first kappa shape index (κ1) is 6.85. The SMILES string of the molecule is [2H]C([2H])([2H])Oc1cc2c(cc1OC)C1([2H])CC(OC(=O)[C@@]([2H])(N)C([2H])(C([2H])([2H])[2H])C([2H])([2H])[2H])C(C([2H])([2H])C([2H])(C([2H])([2H])[2H])C([2H])([2H])[2H])CN1C([2H])([2H])C2([2H])[2H]. The Kier molecular flexibility index (Phi) is 2.18.